The molecule has 0 saturated heterocycles. The predicted octanol–water partition coefficient (Wildman–Crippen LogP) is 3.32. The molecule has 88 valence electrons. The van der Waals surface area contributed by atoms with E-state index in [9.17, 15) is 0 Å². The summed E-state index contributed by atoms with van der Waals surface area (Å²) in [6, 6.07) is 6.13. The van der Waals surface area contributed by atoms with Crippen molar-refractivity contribution >= 4 is 23.1 Å². The third-order valence-corrected chi connectivity index (χ3v) is 4.41. The van der Waals surface area contributed by atoms with Gasteiger partial charge in [-0.3, -0.25) is 0 Å². The summed E-state index contributed by atoms with van der Waals surface area (Å²) >= 11 is 3.29. The van der Waals surface area contributed by atoms with Crippen molar-refractivity contribution in [3.63, 3.8) is 0 Å². The second kappa shape index (κ2) is 4.51. The van der Waals surface area contributed by atoms with E-state index in [-0.39, 0.29) is 0 Å². The van der Waals surface area contributed by atoms with Crippen LogP contribution in [0, 0.1) is 11.3 Å². The van der Waals surface area contributed by atoms with Gasteiger partial charge in [0.15, 0.2) is 0 Å². The fourth-order valence-corrected chi connectivity index (χ4v) is 2.65. The van der Waals surface area contributed by atoms with Crippen LogP contribution < -0.4 is 0 Å². The van der Waals surface area contributed by atoms with Crippen LogP contribution in [0.4, 0.5) is 0 Å². The quantitative estimate of drug-likeness (QED) is 0.797. The first-order valence-corrected chi connectivity index (χ1v) is 7.00. The molecule has 0 fully saturated rings. The zero-order chi connectivity index (χ0) is 12.5. The van der Waals surface area contributed by atoms with Gasteiger partial charge in [0, 0.05) is 0 Å². The molecular weight excluding hydrogens is 254 g/mol. The molecule has 4 nitrogen and oxygen atoms in total. The summed E-state index contributed by atoms with van der Waals surface area (Å²) in [6.07, 6.45) is 2.02. The molecule has 0 aromatic carbocycles. The standard InChI is InChI=1S/C11H11N3OS2/c1-11(2,6-12)10-13-9(14-15-10)7-4-5-8(16-3)17-7/h4-5H,1-3H3. The zero-order valence-corrected chi connectivity index (χ0v) is 11.4. The Labute approximate surface area is 108 Å². The summed E-state index contributed by atoms with van der Waals surface area (Å²) in [4.78, 5) is 5.23. The van der Waals surface area contributed by atoms with Gasteiger partial charge in [-0.05, 0) is 32.2 Å². The molecule has 0 N–H and O–H groups in total. The highest BCUT2D eigenvalue weighted by molar-refractivity contribution is 8.00. The van der Waals surface area contributed by atoms with Gasteiger partial charge >= 0.3 is 0 Å². The van der Waals surface area contributed by atoms with Gasteiger partial charge in [0.05, 0.1) is 15.2 Å². The van der Waals surface area contributed by atoms with Crippen LogP contribution >= 0.6 is 23.1 Å². The number of hydrogen-bond acceptors (Lipinski definition) is 6. The van der Waals surface area contributed by atoms with Crippen LogP contribution in [0.1, 0.15) is 19.7 Å². The summed E-state index contributed by atoms with van der Waals surface area (Å²) in [5.74, 6) is 0.905. The molecule has 2 aromatic rings. The fourth-order valence-electron chi connectivity index (χ4n) is 1.18. The monoisotopic (exact) mass is 265 g/mol. The molecule has 2 aromatic heterocycles. The summed E-state index contributed by atoms with van der Waals surface area (Å²) < 4.78 is 6.33. The van der Waals surface area contributed by atoms with Gasteiger partial charge in [0.25, 0.3) is 0 Å². The first kappa shape index (κ1) is 12.1. The van der Waals surface area contributed by atoms with E-state index in [1.807, 2.05) is 18.4 Å². The minimum Gasteiger partial charge on any atom is -0.337 e. The topological polar surface area (TPSA) is 62.7 Å². The minimum atomic E-state index is -0.745. The smallest absolute Gasteiger partial charge is 0.246 e. The van der Waals surface area contributed by atoms with E-state index in [0.717, 1.165) is 4.88 Å². The highest BCUT2D eigenvalue weighted by atomic mass is 32.2. The van der Waals surface area contributed by atoms with Crippen molar-refractivity contribution in [2.75, 3.05) is 6.26 Å². The number of thioether (sulfide) groups is 1. The maximum absolute atomic E-state index is 8.99. The van der Waals surface area contributed by atoms with Crippen molar-refractivity contribution in [3.05, 3.63) is 18.0 Å². The summed E-state index contributed by atoms with van der Waals surface area (Å²) in [5, 5.41) is 12.9. The van der Waals surface area contributed by atoms with Crippen LogP contribution in [-0.4, -0.2) is 16.4 Å². The number of hydrogen-bond donors (Lipinski definition) is 0. The van der Waals surface area contributed by atoms with Crippen molar-refractivity contribution in [2.45, 2.75) is 23.5 Å². The van der Waals surface area contributed by atoms with Crippen molar-refractivity contribution in [3.8, 4) is 16.8 Å². The molecule has 2 heterocycles. The lowest BCUT2D eigenvalue weighted by Crippen LogP contribution is -2.14. The summed E-state index contributed by atoms with van der Waals surface area (Å²) in [7, 11) is 0. The van der Waals surface area contributed by atoms with E-state index in [0.29, 0.717) is 11.7 Å². The van der Waals surface area contributed by atoms with Gasteiger partial charge in [-0.1, -0.05) is 5.16 Å². The average molecular weight is 265 g/mol. The molecule has 0 unspecified atom stereocenters. The lowest BCUT2D eigenvalue weighted by molar-refractivity contribution is 0.341. The third-order valence-electron chi connectivity index (χ3n) is 2.24. The highest BCUT2D eigenvalue weighted by Crippen LogP contribution is 2.32. The lowest BCUT2D eigenvalue weighted by Gasteiger charge is -2.06. The van der Waals surface area contributed by atoms with E-state index in [4.69, 9.17) is 9.78 Å². The Morgan fingerprint density at radius 1 is 1.47 bits per heavy atom. The zero-order valence-electron chi connectivity index (χ0n) is 9.72. The Balaban J connectivity index is 2.33. The maximum Gasteiger partial charge on any atom is 0.246 e. The number of rotatable bonds is 3. The Bertz CT molecular complexity index is 565. The Kier molecular flexibility index (Phi) is 3.22. The number of aromatic nitrogens is 2. The van der Waals surface area contributed by atoms with E-state index in [1.54, 1.807) is 36.9 Å². The molecule has 0 aliphatic rings. The van der Waals surface area contributed by atoms with Gasteiger partial charge in [-0.15, -0.1) is 23.1 Å². The van der Waals surface area contributed by atoms with Crippen molar-refractivity contribution in [1.29, 1.82) is 5.26 Å². The van der Waals surface area contributed by atoms with Gasteiger partial charge < -0.3 is 4.52 Å². The van der Waals surface area contributed by atoms with Crippen LogP contribution in [-0.2, 0) is 5.41 Å². The van der Waals surface area contributed by atoms with E-state index in [2.05, 4.69) is 16.2 Å². The molecular formula is C11H11N3OS2. The third kappa shape index (κ3) is 2.35. The minimum absolute atomic E-state index is 0.356. The lowest BCUT2D eigenvalue weighted by atomic mass is 9.96. The first-order valence-electron chi connectivity index (χ1n) is 4.96. The molecule has 0 saturated carbocycles. The normalized spacial score (nSPS) is 11.4. The number of thiophene rings is 1. The SMILES string of the molecule is CSc1ccc(-c2noc(C(C)(C)C#N)n2)s1. The second-order valence-electron chi connectivity index (χ2n) is 3.98. The van der Waals surface area contributed by atoms with Crippen LogP contribution in [0.2, 0.25) is 0 Å². The van der Waals surface area contributed by atoms with Crippen molar-refractivity contribution < 1.29 is 4.52 Å². The summed E-state index contributed by atoms with van der Waals surface area (Å²) in [6.45, 7) is 3.51. The van der Waals surface area contributed by atoms with Crippen LogP contribution in [0.5, 0.6) is 0 Å². The molecule has 17 heavy (non-hydrogen) atoms. The fraction of sp³-hybridized carbons (Fsp3) is 0.364. The van der Waals surface area contributed by atoms with Crippen LogP contribution in [0.15, 0.2) is 20.9 Å². The van der Waals surface area contributed by atoms with Crippen LogP contribution in [0.25, 0.3) is 10.7 Å². The van der Waals surface area contributed by atoms with Gasteiger partial charge in [-0.25, -0.2) is 0 Å². The van der Waals surface area contributed by atoms with Gasteiger partial charge in [0.1, 0.15) is 5.41 Å². The predicted molar refractivity (Wildman–Crippen MR) is 68.0 cm³/mol. The number of nitrogens with zero attached hydrogens (tertiary/aromatic N) is 3. The molecule has 2 rings (SSSR count). The largest absolute Gasteiger partial charge is 0.337 e. The maximum atomic E-state index is 8.99. The van der Waals surface area contributed by atoms with Crippen molar-refractivity contribution in [2.24, 2.45) is 0 Å². The molecule has 0 aliphatic carbocycles. The van der Waals surface area contributed by atoms with Crippen LogP contribution in [0.3, 0.4) is 0 Å². The van der Waals surface area contributed by atoms with Gasteiger partial charge in [-0.2, -0.15) is 10.2 Å². The Morgan fingerprint density at radius 3 is 2.82 bits per heavy atom. The Hall–Kier alpha value is -1.32. The molecule has 0 radical (unpaired) electrons. The Morgan fingerprint density at radius 2 is 2.24 bits per heavy atom. The van der Waals surface area contributed by atoms with E-state index < -0.39 is 5.41 Å². The average Bonchev–Trinajstić information content (AvgIpc) is 2.97. The highest BCUT2D eigenvalue weighted by Gasteiger charge is 2.27. The summed E-state index contributed by atoms with van der Waals surface area (Å²) in [5.41, 5.74) is -0.745. The molecule has 0 spiro atoms. The number of nitriles is 1. The van der Waals surface area contributed by atoms with E-state index >= 15 is 0 Å². The molecule has 0 atom stereocenters. The molecule has 6 heteroatoms. The first-order chi connectivity index (χ1) is 8.06. The molecule has 0 bridgehead atoms. The van der Waals surface area contributed by atoms with E-state index in [1.165, 1.54) is 4.21 Å². The molecule has 0 amide bonds. The van der Waals surface area contributed by atoms with Crippen molar-refractivity contribution in [1.82, 2.24) is 10.1 Å². The molecule has 0 aliphatic heterocycles. The second-order valence-corrected chi connectivity index (χ2v) is 6.17. The van der Waals surface area contributed by atoms with Gasteiger partial charge in [0.2, 0.25) is 11.7 Å².